The van der Waals surface area contributed by atoms with Gasteiger partial charge in [0.15, 0.2) is 0 Å². The van der Waals surface area contributed by atoms with Crippen LogP contribution in [0.15, 0.2) is 36.5 Å². The Morgan fingerprint density at radius 3 is 1.81 bits per heavy atom. The third kappa shape index (κ3) is 32.4. The predicted molar refractivity (Wildman–Crippen MR) is 180 cm³/mol. The predicted octanol–water partition coefficient (Wildman–Crippen LogP) is 10.2. The minimum absolute atomic E-state index is 0.0979. The van der Waals surface area contributed by atoms with E-state index in [4.69, 9.17) is 9.84 Å². The van der Waals surface area contributed by atoms with Gasteiger partial charge in [0, 0.05) is 12.8 Å². The maximum Gasteiger partial charge on any atom is 0.322 e. The monoisotopic (exact) mass is 603 g/mol. The number of carboxylic acids is 1. The topological polar surface area (TPSA) is 92.7 Å². The molecule has 1 amide bonds. The quantitative estimate of drug-likeness (QED) is 0.0467. The van der Waals surface area contributed by atoms with Gasteiger partial charge in [0.1, 0.15) is 12.6 Å². The highest BCUT2D eigenvalue weighted by Gasteiger charge is 2.12. The summed E-state index contributed by atoms with van der Waals surface area (Å²) in [6.07, 6.45) is 38.4. The standard InChI is InChI=1S/C37H65NO5/c1-3-5-7-9-11-13-14-15-16-17-18-20-22-28-32-37(42)43-34(29-25-21-19-12-10-8-6-4-2)30-26-23-24-27-31-35(39)38-33-36(40)41/h9,11,14-15,25,29,34H,3-8,10,12-13,16-24,26-28,30-33H2,1-2H3,(H,38,39)(H,40,41)/b11-9-,15-14-,29-25-. The van der Waals surface area contributed by atoms with Crippen LogP contribution in [0.3, 0.4) is 0 Å². The first kappa shape index (κ1) is 40.6. The van der Waals surface area contributed by atoms with Crippen molar-refractivity contribution in [3.8, 4) is 0 Å². The van der Waals surface area contributed by atoms with Gasteiger partial charge in [-0.3, -0.25) is 14.4 Å². The van der Waals surface area contributed by atoms with Crippen LogP contribution in [0.2, 0.25) is 0 Å². The maximum atomic E-state index is 12.6. The van der Waals surface area contributed by atoms with E-state index in [0.717, 1.165) is 70.6 Å². The number of rotatable bonds is 31. The van der Waals surface area contributed by atoms with Gasteiger partial charge in [0.2, 0.25) is 5.91 Å². The summed E-state index contributed by atoms with van der Waals surface area (Å²) in [4.78, 5) is 34.8. The number of amides is 1. The zero-order valence-corrected chi connectivity index (χ0v) is 27.8. The van der Waals surface area contributed by atoms with Crippen molar-refractivity contribution in [2.75, 3.05) is 6.54 Å². The normalized spacial score (nSPS) is 12.4. The second-order valence-corrected chi connectivity index (χ2v) is 11.8. The maximum absolute atomic E-state index is 12.6. The van der Waals surface area contributed by atoms with Crippen molar-refractivity contribution in [1.82, 2.24) is 5.32 Å². The van der Waals surface area contributed by atoms with E-state index in [9.17, 15) is 14.4 Å². The van der Waals surface area contributed by atoms with Gasteiger partial charge in [-0.1, -0.05) is 121 Å². The molecule has 0 spiro atoms. The number of aliphatic carboxylic acids is 1. The molecule has 0 aliphatic carbocycles. The molecular weight excluding hydrogens is 538 g/mol. The van der Waals surface area contributed by atoms with Gasteiger partial charge < -0.3 is 15.2 Å². The molecule has 0 aliphatic rings. The number of carbonyl (C=O) groups excluding carboxylic acids is 2. The van der Waals surface area contributed by atoms with Crippen molar-refractivity contribution in [3.05, 3.63) is 36.5 Å². The third-order valence-corrected chi connectivity index (χ3v) is 7.52. The van der Waals surface area contributed by atoms with E-state index in [-0.39, 0.29) is 24.5 Å². The van der Waals surface area contributed by atoms with E-state index in [1.54, 1.807) is 0 Å². The SMILES string of the molecule is CCCC/C=C\C/C=C\CCCCCCCC(=O)OC(/C=C\CCCCCCCC)CCCCCCC(=O)NCC(=O)O. The molecule has 1 unspecified atom stereocenters. The molecule has 43 heavy (non-hydrogen) atoms. The van der Waals surface area contributed by atoms with Crippen molar-refractivity contribution < 1.29 is 24.2 Å². The smallest absolute Gasteiger partial charge is 0.322 e. The molecule has 0 saturated heterocycles. The summed E-state index contributed by atoms with van der Waals surface area (Å²) in [5.41, 5.74) is 0. The van der Waals surface area contributed by atoms with Crippen LogP contribution < -0.4 is 5.32 Å². The lowest BCUT2D eigenvalue weighted by Crippen LogP contribution is -2.28. The second-order valence-electron chi connectivity index (χ2n) is 11.8. The Bertz CT molecular complexity index is 758. The number of ether oxygens (including phenoxy) is 1. The van der Waals surface area contributed by atoms with E-state index < -0.39 is 5.97 Å². The number of carbonyl (C=O) groups is 3. The largest absolute Gasteiger partial charge is 0.480 e. The molecule has 0 aromatic rings. The zero-order chi connectivity index (χ0) is 31.6. The lowest BCUT2D eigenvalue weighted by atomic mass is 10.1. The molecule has 0 radical (unpaired) electrons. The summed E-state index contributed by atoms with van der Waals surface area (Å²) < 4.78 is 5.86. The number of allylic oxidation sites excluding steroid dienone is 5. The van der Waals surface area contributed by atoms with Crippen LogP contribution in [-0.4, -0.2) is 35.6 Å². The molecule has 0 rings (SSSR count). The molecule has 0 aliphatic heterocycles. The van der Waals surface area contributed by atoms with E-state index in [2.05, 4.69) is 55.6 Å². The van der Waals surface area contributed by atoms with Gasteiger partial charge in [0.05, 0.1) is 0 Å². The number of carboxylic acid groups (broad SMARTS) is 1. The van der Waals surface area contributed by atoms with E-state index in [1.165, 1.54) is 70.6 Å². The lowest BCUT2D eigenvalue weighted by Gasteiger charge is -2.15. The average Bonchev–Trinajstić information content (AvgIpc) is 2.99. The summed E-state index contributed by atoms with van der Waals surface area (Å²) in [5.74, 6) is -1.34. The Morgan fingerprint density at radius 2 is 1.16 bits per heavy atom. The van der Waals surface area contributed by atoms with Gasteiger partial charge >= 0.3 is 11.9 Å². The summed E-state index contributed by atoms with van der Waals surface area (Å²) in [6, 6.07) is 0. The highest BCUT2D eigenvalue weighted by molar-refractivity contribution is 5.80. The summed E-state index contributed by atoms with van der Waals surface area (Å²) in [7, 11) is 0. The van der Waals surface area contributed by atoms with Gasteiger partial charge in [0.25, 0.3) is 0 Å². The minimum atomic E-state index is -1.03. The van der Waals surface area contributed by atoms with Gasteiger partial charge in [-0.05, 0) is 70.3 Å². The van der Waals surface area contributed by atoms with Crippen molar-refractivity contribution in [3.63, 3.8) is 0 Å². The Morgan fingerprint density at radius 1 is 0.628 bits per heavy atom. The highest BCUT2D eigenvalue weighted by Crippen LogP contribution is 2.15. The molecule has 6 nitrogen and oxygen atoms in total. The Kier molecular flexibility index (Phi) is 30.7. The summed E-state index contributed by atoms with van der Waals surface area (Å²) in [6.45, 7) is 4.13. The Labute approximate surface area is 264 Å². The fourth-order valence-electron chi connectivity index (χ4n) is 4.85. The first-order valence-electron chi connectivity index (χ1n) is 17.6. The van der Waals surface area contributed by atoms with E-state index in [1.807, 2.05) is 0 Å². The first-order chi connectivity index (χ1) is 21.0. The Balaban J connectivity index is 4.21. The zero-order valence-electron chi connectivity index (χ0n) is 27.8. The number of esters is 1. The lowest BCUT2D eigenvalue weighted by molar-refractivity contribution is -0.147. The highest BCUT2D eigenvalue weighted by atomic mass is 16.5. The molecule has 2 N–H and O–H groups in total. The Hall–Kier alpha value is -2.37. The molecule has 0 aromatic heterocycles. The molecule has 0 aromatic carbocycles. The molecule has 0 bridgehead atoms. The van der Waals surface area contributed by atoms with Crippen LogP contribution in [0.1, 0.15) is 168 Å². The van der Waals surface area contributed by atoms with E-state index in [0.29, 0.717) is 12.8 Å². The third-order valence-electron chi connectivity index (χ3n) is 7.52. The number of unbranched alkanes of at least 4 members (excludes halogenated alkanes) is 16. The first-order valence-corrected chi connectivity index (χ1v) is 17.6. The van der Waals surface area contributed by atoms with Crippen molar-refractivity contribution in [1.29, 1.82) is 0 Å². The molecule has 1 atom stereocenters. The van der Waals surface area contributed by atoms with Crippen LogP contribution in [0.4, 0.5) is 0 Å². The van der Waals surface area contributed by atoms with Crippen LogP contribution in [-0.2, 0) is 19.1 Å². The van der Waals surface area contributed by atoms with E-state index >= 15 is 0 Å². The number of hydrogen-bond donors (Lipinski definition) is 2. The van der Waals surface area contributed by atoms with Gasteiger partial charge in [-0.25, -0.2) is 0 Å². The molecule has 248 valence electrons. The molecule has 6 heteroatoms. The number of hydrogen-bond acceptors (Lipinski definition) is 4. The average molecular weight is 604 g/mol. The van der Waals surface area contributed by atoms with Crippen LogP contribution in [0.25, 0.3) is 0 Å². The summed E-state index contributed by atoms with van der Waals surface area (Å²) in [5, 5.41) is 11.0. The van der Waals surface area contributed by atoms with Gasteiger partial charge in [-0.2, -0.15) is 0 Å². The van der Waals surface area contributed by atoms with Crippen LogP contribution >= 0.6 is 0 Å². The fourth-order valence-corrected chi connectivity index (χ4v) is 4.85. The summed E-state index contributed by atoms with van der Waals surface area (Å²) >= 11 is 0. The minimum Gasteiger partial charge on any atom is -0.480 e. The van der Waals surface area contributed by atoms with Crippen LogP contribution in [0, 0.1) is 0 Å². The van der Waals surface area contributed by atoms with Crippen molar-refractivity contribution >= 4 is 17.8 Å². The molecule has 0 fully saturated rings. The van der Waals surface area contributed by atoms with Crippen molar-refractivity contribution in [2.45, 2.75) is 174 Å². The van der Waals surface area contributed by atoms with Gasteiger partial charge in [-0.15, -0.1) is 0 Å². The molecule has 0 saturated carbocycles. The van der Waals surface area contributed by atoms with Crippen LogP contribution in [0.5, 0.6) is 0 Å². The second kappa shape index (κ2) is 32.5. The number of nitrogens with one attached hydrogen (secondary N) is 1. The molecule has 0 heterocycles. The molecular formula is C37H65NO5. The van der Waals surface area contributed by atoms with Crippen molar-refractivity contribution in [2.24, 2.45) is 0 Å². The fraction of sp³-hybridized carbons (Fsp3) is 0.757.